The molecule has 198 valence electrons. The molecule has 0 heterocycles. The molecule has 0 saturated carbocycles. The summed E-state index contributed by atoms with van der Waals surface area (Å²) in [5, 5.41) is 17.1. The van der Waals surface area contributed by atoms with Crippen LogP contribution in [0.3, 0.4) is 0 Å². The fourth-order valence-electron chi connectivity index (χ4n) is 3.17. The van der Waals surface area contributed by atoms with Gasteiger partial charge >= 0.3 is 5.97 Å². The smallest absolute Gasteiger partial charge is 0.326 e. The molecule has 0 saturated heterocycles. The summed E-state index contributed by atoms with van der Waals surface area (Å²) in [5.41, 5.74) is 22.3. The van der Waals surface area contributed by atoms with Crippen LogP contribution in [0.5, 0.6) is 0 Å². The molecule has 0 radical (unpaired) electrons. The quantitative estimate of drug-likeness (QED) is 0.0668. The van der Waals surface area contributed by atoms with Crippen LogP contribution in [0.1, 0.15) is 57.8 Å². The first-order valence-corrected chi connectivity index (χ1v) is 12.5. The van der Waals surface area contributed by atoms with E-state index in [0.29, 0.717) is 58.2 Å². The molecule has 0 fully saturated rings. The lowest BCUT2D eigenvalue weighted by molar-refractivity contribution is -0.142. The van der Waals surface area contributed by atoms with Crippen molar-refractivity contribution in [3.8, 4) is 0 Å². The second-order valence-corrected chi connectivity index (χ2v) is 8.53. The van der Waals surface area contributed by atoms with Crippen molar-refractivity contribution in [3.05, 3.63) is 0 Å². The van der Waals surface area contributed by atoms with Crippen LogP contribution in [0.4, 0.5) is 0 Å². The number of amides is 3. The molecule has 0 aromatic rings. The normalized spacial score (nSPS) is 14.5. The van der Waals surface area contributed by atoms with Crippen LogP contribution in [0.2, 0.25) is 0 Å². The fourth-order valence-corrected chi connectivity index (χ4v) is 3.43. The lowest BCUT2D eigenvalue weighted by Crippen LogP contribution is -2.57. The molecular weight excluding hydrogens is 462 g/mol. The Balaban J connectivity index is 5.16. The summed E-state index contributed by atoms with van der Waals surface area (Å²) in [6, 6.07) is -3.90. The van der Waals surface area contributed by atoms with E-state index in [-0.39, 0.29) is 18.6 Å². The molecule has 0 aromatic carbocycles. The third kappa shape index (κ3) is 13.7. The number of hydrogen-bond acceptors (Lipinski definition) is 9. The van der Waals surface area contributed by atoms with Crippen molar-refractivity contribution in [2.24, 2.45) is 22.9 Å². The van der Waals surface area contributed by atoms with Gasteiger partial charge in [0.25, 0.3) is 0 Å². The lowest BCUT2D eigenvalue weighted by Gasteiger charge is -2.24. The van der Waals surface area contributed by atoms with Crippen molar-refractivity contribution in [2.75, 3.05) is 25.4 Å². The number of rotatable bonds is 20. The van der Waals surface area contributed by atoms with Crippen molar-refractivity contribution in [3.63, 3.8) is 0 Å². The average Bonchev–Trinajstić information content (AvgIpc) is 2.80. The fraction of sp³-hybridized carbons (Fsp3) is 0.810. The zero-order chi connectivity index (χ0) is 25.9. The average molecular weight is 506 g/mol. The molecule has 0 aliphatic rings. The maximum atomic E-state index is 12.8. The van der Waals surface area contributed by atoms with Crippen LogP contribution >= 0.6 is 12.6 Å². The van der Waals surface area contributed by atoms with Gasteiger partial charge < -0.3 is 44.0 Å². The number of carbonyl (C=O) groups is 4. The van der Waals surface area contributed by atoms with E-state index in [1.807, 2.05) is 0 Å². The van der Waals surface area contributed by atoms with Gasteiger partial charge in [0.2, 0.25) is 17.7 Å². The van der Waals surface area contributed by atoms with E-state index in [1.165, 1.54) is 0 Å². The topological polar surface area (TPSA) is 229 Å². The zero-order valence-electron chi connectivity index (χ0n) is 19.8. The van der Waals surface area contributed by atoms with Crippen molar-refractivity contribution >= 4 is 36.3 Å². The summed E-state index contributed by atoms with van der Waals surface area (Å²) in [6.45, 7) is 1.33. The third-order valence-electron chi connectivity index (χ3n) is 5.26. The SMILES string of the molecule is NCCCC[C@H](NC(=O)[C@H](CCCCN)NC(=O)[C@H](CS)NC(=O)[C@@H](N)CCCCN)C(=O)O. The van der Waals surface area contributed by atoms with Crippen LogP contribution in [-0.4, -0.2) is 78.4 Å². The van der Waals surface area contributed by atoms with E-state index in [9.17, 15) is 24.3 Å². The molecule has 13 heteroatoms. The molecule has 34 heavy (non-hydrogen) atoms. The maximum Gasteiger partial charge on any atom is 0.326 e. The van der Waals surface area contributed by atoms with E-state index in [2.05, 4.69) is 28.6 Å². The maximum absolute atomic E-state index is 12.8. The number of carboxylic acids is 1. The van der Waals surface area contributed by atoms with Crippen LogP contribution in [-0.2, 0) is 19.2 Å². The molecule has 0 aliphatic carbocycles. The second-order valence-electron chi connectivity index (χ2n) is 8.16. The third-order valence-corrected chi connectivity index (χ3v) is 5.63. The molecule has 3 amide bonds. The van der Waals surface area contributed by atoms with E-state index >= 15 is 0 Å². The minimum absolute atomic E-state index is 0.0128. The molecule has 4 atom stereocenters. The van der Waals surface area contributed by atoms with E-state index in [0.717, 1.165) is 6.42 Å². The molecule has 12 nitrogen and oxygen atoms in total. The van der Waals surface area contributed by atoms with Gasteiger partial charge in [0.15, 0.2) is 0 Å². The van der Waals surface area contributed by atoms with Crippen LogP contribution in [0.25, 0.3) is 0 Å². The number of thiol groups is 1. The monoisotopic (exact) mass is 505 g/mol. The van der Waals surface area contributed by atoms with E-state index in [1.54, 1.807) is 0 Å². The highest BCUT2D eigenvalue weighted by molar-refractivity contribution is 7.80. The summed E-state index contributed by atoms with van der Waals surface area (Å²) < 4.78 is 0. The minimum atomic E-state index is -1.17. The van der Waals surface area contributed by atoms with Gasteiger partial charge in [0, 0.05) is 5.75 Å². The van der Waals surface area contributed by atoms with Gasteiger partial charge in [-0.05, 0) is 71.0 Å². The second kappa shape index (κ2) is 19.4. The van der Waals surface area contributed by atoms with E-state index in [4.69, 9.17) is 22.9 Å². The Labute approximate surface area is 207 Å². The lowest BCUT2D eigenvalue weighted by atomic mass is 10.1. The van der Waals surface area contributed by atoms with E-state index < -0.39 is 47.9 Å². The van der Waals surface area contributed by atoms with Gasteiger partial charge in [-0.25, -0.2) is 4.79 Å². The summed E-state index contributed by atoms with van der Waals surface area (Å²) in [6.07, 6.45) is 4.67. The molecule has 0 bridgehead atoms. The molecular formula is C21H43N7O5S. The van der Waals surface area contributed by atoms with Crippen molar-refractivity contribution in [1.29, 1.82) is 0 Å². The number of carboxylic acid groups (broad SMARTS) is 1. The highest BCUT2D eigenvalue weighted by Gasteiger charge is 2.29. The summed E-state index contributed by atoms with van der Waals surface area (Å²) >= 11 is 4.14. The largest absolute Gasteiger partial charge is 0.480 e. The number of aliphatic carboxylic acids is 1. The Morgan fingerprint density at radius 1 is 0.647 bits per heavy atom. The number of nitrogens with one attached hydrogen (secondary N) is 3. The Hall–Kier alpha value is -1.93. The predicted octanol–water partition coefficient (Wildman–Crippen LogP) is -1.83. The Kier molecular flexibility index (Phi) is 18.3. The number of unbranched alkanes of at least 4 members (excludes halogenated alkanes) is 3. The number of nitrogens with two attached hydrogens (primary N) is 4. The van der Waals surface area contributed by atoms with Gasteiger partial charge in [-0.2, -0.15) is 12.6 Å². The van der Waals surface area contributed by atoms with Crippen molar-refractivity contribution < 1.29 is 24.3 Å². The first-order valence-electron chi connectivity index (χ1n) is 11.8. The van der Waals surface area contributed by atoms with Gasteiger partial charge in [-0.15, -0.1) is 0 Å². The summed E-state index contributed by atoms with van der Waals surface area (Å²) in [7, 11) is 0. The number of hydrogen-bond donors (Lipinski definition) is 9. The Morgan fingerprint density at radius 3 is 1.53 bits per heavy atom. The minimum Gasteiger partial charge on any atom is -0.480 e. The molecule has 0 rings (SSSR count). The molecule has 0 spiro atoms. The number of carbonyl (C=O) groups excluding carboxylic acids is 3. The van der Waals surface area contributed by atoms with Crippen LogP contribution < -0.4 is 38.9 Å². The molecule has 0 aromatic heterocycles. The van der Waals surface area contributed by atoms with Gasteiger partial charge in [0.05, 0.1) is 6.04 Å². The molecule has 0 aliphatic heterocycles. The first kappa shape index (κ1) is 32.1. The molecule has 0 unspecified atom stereocenters. The summed E-state index contributed by atoms with van der Waals surface area (Å²) in [5.74, 6) is -2.91. The van der Waals surface area contributed by atoms with Gasteiger partial charge in [0.1, 0.15) is 18.1 Å². The predicted molar refractivity (Wildman–Crippen MR) is 134 cm³/mol. The van der Waals surface area contributed by atoms with Crippen molar-refractivity contribution in [1.82, 2.24) is 16.0 Å². The highest BCUT2D eigenvalue weighted by Crippen LogP contribution is 2.06. The summed E-state index contributed by atoms with van der Waals surface area (Å²) in [4.78, 5) is 49.5. The first-order chi connectivity index (χ1) is 16.2. The molecule has 12 N–H and O–H groups in total. The Bertz CT molecular complexity index is 626. The standard InChI is InChI=1S/C21H43N7O5S/c22-10-4-1-7-14(25)18(29)28-17(13-34)20(31)26-15(8-2-5-11-23)19(30)27-16(21(32)33)9-3-6-12-24/h14-17,34H,1-13,22-25H2,(H,26,31)(H,27,30)(H,28,29)(H,32,33)/t14-,15-,16-,17-/m0/s1. The van der Waals surface area contributed by atoms with Crippen LogP contribution in [0, 0.1) is 0 Å². The Morgan fingerprint density at radius 2 is 1.06 bits per heavy atom. The van der Waals surface area contributed by atoms with Crippen LogP contribution in [0.15, 0.2) is 0 Å². The van der Waals surface area contributed by atoms with Gasteiger partial charge in [-0.3, -0.25) is 14.4 Å². The zero-order valence-corrected chi connectivity index (χ0v) is 20.7. The van der Waals surface area contributed by atoms with Gasteiger partial charge in [-0.1, -0.05) is 6.42 Å². The highest BCUT2D eigenvalue weighted by atomic mass is 32.1. The van der Waals surface area contributed by atoms with Crippen molar-refractivity contribution in [2.45, 2.75) is 82.0 Å².